The van der Waals surface area contributed by atoms with Gasteiger partial charge in [-0.05, 0) is 37.8 Å². The Kier molecular flexibility index (Phi) is 9.07. The zero-order valence-corrected chi connectivity index (χ0v) is 16.8. The number of hydrogen-bond acceptors (Lipinski definition) is 5. The van der Waals surface area contributed by atoms with Crippen LogP contribution in [0, 0.1) is 5.41 Å². The summed E-state index contributed by atoms with van der Waals surface area (Å²) in [6, 6.07) is 6.90. The number of benzene rings is 1. The molecule has 10 nitrogen and oxygen atoms in total. The van der Waals surface area contributed by atoms with Crippen LogP contribution in [0.3, 0.4) is 0 Å². The van der Waals surface area contributed by atoms with E-state index in [0.717, 1.165) is 18.5 Å². The molecule has 1 saturated heterocycles. The second-order valence-electron chi connectivity index (χ2n) is 7.28. The van der Waals surface area contributed by atoms with Crippen molar-refractivity contribution in [2.45, 2.75) is 50.2 Å². The molecule has 164 valence electrons. The van der Waals surface area contributed by atoms with E-state index in [4.69, 9.17) is 11.1 Å². The average molecular weight is 418 g/mol. The molecule has 0 bridgehead atoms. The lowest BCUT2D eigenvalue weighted by Gasteiger charge is -2.23. The van der Waals surface area contributed by atoms with Crippen LogP contribution in [-0.2, 0) is 20.8 Å². The van der Waals surface area contributed by atoms with Crippen molar-refractivity contribution in [3.05, 3.63) is 35.9 Å². The smallest absolute Gasteiger partial charge is 0.326 e. The van der Waals surface area contributed by atoms with Crippen molar-refractivity contribution < 1.29 is 19.5 Å². The van der Waals surface area contributed by atoms with Crippen LogP contribution < -0.4 is 27.0 Å². The van der Waals surface area contributed by atoms with Crippen molar-refractivity contribution in [2.75, 3.05) is 13.1 Å². The summed E-state index contributed by atoms with van der Waals surface area (Å²) in [6.07, 6.45) is 2.41. The van der Waals surface area contributed by atoms with Crippen LogP contribution in [0.25, 0.3) is 0 Å². The summed E-state index contributed by atoms with van der Waals surface area (Å²) in [5, 5.41) is 27.6. The zero-order chi connectivity index (χ0) is 21.9. The SMILES string of the molecule is N=C(N)NCCCC(NC(=O)C(Cc1ccccc1)NC(=O)C1CCCN1)C(=O)O. The number of carboxylic acids is 1. The fraction of sp³-hybridized carbons (Fsp3) is 0.500. The van der Waals surface area contributed by atoms with E-state index in [1.165, 1.54) is 0 Å². The lowest BCUT2D eigenvalue weighted by Crippen LogP contribution is -2.55. The molecule has 30 heavy (non-hydrogen) atoms. The molecule has 2 amide bonds. The number of carbonyl (C=O) groups excluding carboxylic acids is 2. The Bertz CT molecular complexity index is 736. The van der Waals surface area contributed by atoms with Crippen LogP contribution in [0.5, 0.6) is 0 Å². The monoisotopic (exact) mass is 418 g/mol. The normalized spacial score (nSPS) is 17.5. The van der Waals surface area contributed by atoms with Gasteiger partial charge in [0.15, 0.2) is 5.96 Å². The Labute approximate surface area is 175 Å². The highest BCUT2D eigenvalue weighted by Gasteiger charge is 2.29. The van der Waals surface area contributed by atoms with E-state index < -0.39 is 24.0 Å². The molecular formula is C20H30N6O4. The van der Waals surface area contributed by atoms with Crippen molar-refractivity contribution in [1.29, 1.82) is 5.41 Å². The molecule has 1 fully saturated rings. The molecule has 1 heterocycles. The first-order valence-electron chi connectivity index (χ1n) is 10.1. The van der Waals surface area contributed by atoms with E-state index in [1.54, 1.807) is 0 Å². The maximum atomic E-state index is 12.9. The molecule has 10 heteroatoms. The van der Waals surface area contributed by atoms with Crippen molar-refractivity contribution >= 4 is 23.7 Å². The number of carbonyl (C=O) groups is 3. The van der Waals surface area contributed by atoms with Gasteiger partial charge in [-0.2, -0.15) is 0 Å². The van der Waals surface area contributed by atoms with Gasteiger partial charge in [0.2, 0.25) is 11.8 Å². The molecule has 0 saturated carbocycles. The molecule has 2 rings (SSSR count). The molecule has 1 aromatic carbocycles. The molecule has 1 aliphatic heterocycles. The van der Waals surface area contributed by atoms with E-state index in [2.05, 4.69) is 21.3 Å². The molecular weight excluding hydrogens is 388 g/mol. The van der Waals surface area contributed by atoms with Gasteiger partial charge in [0.05, 0.1) is 6.04 Å². The summed E-state index contributed by atoms with van der Waals surface area (Å²) in [5.74, 6) is -2.16. The van der Waals surface area contributed by atoms with Gasteiger partial charge in [0, 0.05) is 13.0 Å². The molecule has 1 aliphatic rings. The molecule has 1 aromatic rings. The van der Waals surface area contributed by atoms with Gasteiger partial charge in [-0.15, -0.1) is 0 Å². The minimum Gasteiger partial charge on any atom is -0.480 e. The van der Waals surface area contributed by atoms with Crippen LogP contribution in [0.4, 0.5) is 0 Å². The number of guanidine groups is 1. The number of nitrogens with one attached hydrogen (secondary N) is 5. The first-order chi connectivity index (χ1) is 14.4. The van der Waals surface area contributed by atoms with E-state index in [9.17, 15) is 19.5 Å². The Balaban J connectivity index is 2.02. The predicted molar refractivity (Wildman–Crippen MR) is 112 cm³/mol. The number of rotatable bonds is 11. The molecule has 0 aromatic heterocycles. The molecule has 3 atom stereocenters. The third-order valence-electron chi connectivity index (χ3n) is 4.89. The molecule has 3 unspecified atom stereocenters. The van der Waals surface area contributed by atoms with Crippen LogP contribution >= 0.6 is 0 Å². The highest BCUT2D eigenvalue weighted by Crippen LogP contribution is 2.08. The second-order valence-corrected chi connectivity index (χ2v) is 7.28. The van der Waals surface area contributed by atoms with Crippen molar-refractivity contribution in [3.63, 3.8) is 0 Å². The zero-order valence-electron chi connectivity index (χ0n) is 16.8. The number of aliphatic carboxylic acids is 1. The fourth-order valence-corrected chi connectivity index (χ4v) is 3.30. The van der Waals surface area contributed by atoms with Crippen molar-refractivity contribution in [3.8, 4) is 0 Å². The maximum absolute atomic E-state index is 12.9. The van der Waals surface area contributed by atoms with Gasteiger partial charge in [-0.3, -0.25) is 15.0 Å². The quantitative estimate of drug-likeness (QED) is 0.141. The summed E-state index contributed by atoms with van der Waals surface area (Å²) in [5.41, 5.74) is 6.06. The Hall–Kier alpha value is -3.14. The Morgan fingerprint density at radius 3 is 2.53 bits per heavy atom. The summed E-state index contributed by atoms with van der Waals surface area (Å²) >= 11 is 0. The van der Waals surface area contributed by atoms with Gasteiger partial charge in [-0.1, -0.05) is 30.3 Å². The minimum atomic E-state index is -1.16. The van der Waals surface area contributed by atoms with Crippen LogP contribution in [0.15, 0.2) is 30.3 Å². The first kappa shape index (κ1) is 23.1. The summed E-state index contributed by atoms with van der Waals surface area (Å²) in [7, 11) is 0. The Morgan fingerprint density at radius 2 is 1.93 bits per heavy atom. The van der Waals surface area contributed by atoms with Gasteiger partial charge in [0.25, 0.3) is 0 Å². The first-order valence-corrected chi connectivity index (χ1v) is 10.1. The van der Waals surface area contributed by atoms with Gasteiger partial charge >= 0.3 is 5.97 Å². The number of carboxylic acid groups (broad SMARTS) is 1. The van der Waals surface area contributed by atoms with Gasteiger partial charge < -0.3 is 32.1 Å². The average Bonchev–Trinajstić information content (AvgIpc) is 3.25. The summed E-state index contributed by atoms with van der Waals surface area (Å²) in [4.78, 5) is 37.0. The highest BCUT2D eigenvalue weighted by molar-refractivity contribution is 5.92. The van der Waals surface area contributed by atoms with Gasteiger partial charge in [-0.25, -0.2) is 4.79 Å². The standard InChI is InChI=1S/C20H30N6O4/c21-20(22)24-11-5-9-15(19(29)30)25-18(28)16(12-13-6-2-1-3-7-13)26-17(27)14-8-4-10-23-14/h1-3,6-7,14-16,23H,4-5,8-12H2,(H,25,28)(H,26,27)(H,29,30)(H4,21,22,24). The maximum Gasteiger partial charge on any atom is 0.326 e. The van der Waals surface area contributed by atoms with Crippen LogP contribution in [0.1, 0.15) is 31.2 Å². The molecule has 0 spiro atoms. The lowest BCUT2D eigenvalue weighted by molar-refractivity contribution is -0.142. The molecule has 0 radical (unpaired) electrons. The number of hydrogen-bond donors (Lipinski definition) is 7. The van der Waals surface area contributed by atoms with E-state index in [-0.39, 0.29) is 30.8 Å². The minimum absolute atomic E-state index is 0.164. The largest absolute Gasteiger partial charge is 0.480 e. The van der Waals surface area contributed by atoms with Crippen molar-refractivity contribution in [2.24, 2.45) is 5.73 Å². The lowest BCUT2D eigenvalue weighted by atomic mass is 10.0. The van der Waals surface area contributed by atoms with E-state index >= 15 is 0 Å². The van der Waals surface area contributed by atoms with Gasteiger partial charge in [0.1, 0.15) is 12.1 Å². The summed E-state index contributed by atoms with van der Waals surface area (Å²) in [6.45, 7) is 1.08. The topological polar surface area (TPSA) is 169 Å². The predicted octanol–water partition coefficient (Wildman–Crippen LogP) is -0.701. The van der Waals surface area contributed by atoms with Crippen molar-refractivity contribution in [1.82, 2.24) is 21.3 Å². The van der Waals surface area contributed by atoms with E-state index in [0.29, 0.717) is 19.4 Å². The van der Waals surface area contributed by atoms with Crippen LogP contribution in [0.2, 0.25) is 0 Å². The number of amides is 2. The third kappa shape index (κ3) is 7.70. The second kappa shape index (κ2) is 11.8. The Morgan fingerprint density at radius 1 is 1.20 bits per heavy atom. The molecule has 8 N–H and O–H groups in total. The van der Waals surface area contributed by atoms with E-state index in [1.807, 2.05) is 30.3 Å². The third-order valence-corrected chi connectivity index (χ3v) is 4.89. The number of nitrogens with two attached hydrogens (primary N) is 1. The molecule has 0 aliphatic carbocycles. The van der Waals surface area contributed by atoms with Crippen LogP contribution in [-0.4, -0.2) is 60.1 Å². The highest BCUT2D eigenvalue weighted by atomic mass is 16.4. The summed E-state index contributed by atoms with van der Waals surface area (Å²) < 4.78 is 0. The fourth-order valence-electron chi connectivity index (χ4n) is 3.30.